The van der Waals surface area contributed by atoms with Crippen LogP contribution < -0.4 is 5.32 Å². The average Bonchev–Trinajstić information content (AvgIpc) is 2.29. The second-order valence-electron chi connectivity index (χ2n) is 4.82. The van der Waals surface area contributed by atoms with E-state index in [4.69, 9.17) is 0 Å². The molecule has 1 atom stereocenters. The first kappa shape index (κ1) is 11.5. The van der Waals surface area contributed by atoms with Crippen LogP contribution in [0.25, 0.3) is 0 Å². The molecule has 1 aromatic carbocycles. The van der Waals surface area contributed by atoms with Crippen LogP contribution in [0.3, 0.4) is 0 Å². The van der Waals surface area contributed by atoms with Gasteiger partial charge in [0, 0.05) is 24.3 Å². The van der Waals surface area contributed by atoms with Crippen molar-refractivity contribution in [2.24, 2.45) is 0 Å². The van der Waals surface area contributed by atoms with E-state index >= 15 is 0 Å². The van der Waals surface area contributed by atoms with Crippen molar-refractivity contribution >= 4 is 5.69 Å². The third kappa shape index (κ3) is 2.22. The van der Waals surface area contributed by atoms with Gasteiger partial charge in [0.15, 0.2) is 0 Å². The molecule has 1 aromatic rings. The maximum atomic E-state index is 3.54. The standard InChI is InChI=1S/C14H22N2/c1-4-16(11(2)3)13-9-12-7-5-6-8-14(12)15-10-13/h5-8,11,13,15H,4,9-10H2,1-3H3. The number of rotatable bonds is 3. The Morgan fingerprint density at radius 3 is 2.81 bits per heavy atom. The van der Waals surface area contributed by atoms with Gasteiger partial charge >= 0.3 is 0 Å². The second-order valence-corrected chi connectivity index (χ2v) is 4.82. The van der Waals surface area contributed by atoms with Gasteiger partial charge in [-0.05, 0) is 38.4 Å². The number of fused-ring (bicyclic) bond motifs is 1. The van der Waals surface area contributed by atoms with Crippen LogP contribution >= 0.6 is 0 Å². The fourth-order valence-electron chi connectivity index (χ4n) is 2.70. The molecule has 0 bridgehead atoms. The summed E-state index contributed by atoms with van der Waals surface area (Å²) in [5.41, 5.74) is 2.77. The molecule has 1 unspecified atom stereocenters. The number of para-hydroxylation sites is 1. The quantitative estimate of drug-likeness (QED) is 0.839. The number of hydrogen-bond donors (Lipinski definition) is 1. The summed E-state index contributed by atoms with van der Waals surface area (Å²) in [4.78, 5) is 2.57. The number of likely N-dealkylation sites (N-methyl/N-ethyl adjacent to an activating group) is 1. The Labute approximate surface area is 98.7 Å². The normalized spacial score (nSPS) is 19.7. The van der Waals surface area contributed by atoms with Crippen molar-refractivity contribution < 1.29 is 0 Å². The molecule has 88 valence electrons. The lowest BCUT2D eigenvalue weighted by molar-refractivity contribution is 0.165. The van der Waals surface area contributed by atoms with E-state index in [2.05, 4.69) is 55.3 Å². The molecule has 1 aliphatic rings. The van der Waals surface area contributed by atoms with Gasteiger partial charge in [-0.2, -0.15) is 0 Å². The Hall–Kier alpha value is -1.02. The number of hydrogen-bond acceptors (Lipinski definition) is 2. The van der Waals surface area contributed by atoms with Crippen molar-refractivity contribution in [1.82, 2.24) is 4.90 Å². The lowest BCUT2D eigenvalue weighted by atomic mass is 9.98. The first-order valence-corrected chi connectivity index (χ1v) is 6.30. The minimum Gasteiger partial charge on any atom is -0.383 e. The largest absolute Gasteiger partial charge is 0.383 e. The summed E-state index contributed by atoms with van der Waals surface area (Å²) in [5.74, 6) is 0. The average molecular weight is 218 g/mol. The number of benzene rings is 1. The first-order valence-electron chi connectivity index (χ1n) is 6.30. The van der Waals surface area contributed by atoms with Gasteiger partial charge in [0.2, 0.25) is 0 Å². The Bertz CT molecular complexity index is 346. The van der Waals surface area contributed by atoms with Gasteiger partial charge in [-0.1, -0.05) is 25.1 Å². The fraction of sp³-hybridized carbons (Fsp3) is 0.571. The number of anilines is 1. The number of nitrogens with zero attached hydrogens (tertiary/aromatic N) is 1. The molecular weight excluding hydrogens is 196 g/mol. The predicted molar refractivity (Wildman–Crippen MR) is 69.9 cm³/mol. The number of nitrogens with one attached hydrogen (secondary N) is 1. The van der Waals surface area contributed by atoms with Crippen LogP contribution in [-0.4, -0.2) is 30.1 Å². The van der Waals surface area contributed by atoms with E-state index in [1.807, 2.05) is 0 Å². The Morgan fingerprint density at radius 1 is 1.38 bits per heavy atom. The van der Waals surface area contributed by atoms with Crippen LogP contribution in [0, 0.1) is 0 Å². The van der Waals surface area contributed by atoms with Gasteiger partial charge < -0.3 is 5.32 Å². The molecule has 0 aromatic heterocycles. The van der Waals surface area contributed by atoms with Crippen LogP contribution in [0.4, 0.5) is 5.69 Å². The lowest BCUT2D eigenvalue weighted by Crippen LogP contribution is -2.47. The molecule has 0 radical (unpaired) electrons. The summed E-state index contributed by atoms with van der Waals surface area (Å²) in [6.45, 7) is 9.02. The monoisotopic (exact) mass is 218 g/mol. The second kappa shape index (κ2) is 4.88. The molecule has 16 heavy (non-hydrogen) atoms. The minimum absolute atomic E-state index is 0.627. The highest BCUT2D eigenvalue weighted by Gasteiger charge is 2.24. The zero-order valence-electron chi connectivity index (χ0n) is 10.5. The molecule has 0 spiro atoms. The van der Waals surface area contributed by atoms with E-state index in [1.165, 1.54) is 17.7 Å². The van der Waals surface area contributed by atoms with Gasteiger partial charge in [-0.15, -0.1) is 0 Å². The predicted octanol–water partition coefficient (Wildman–Crippen LogP) is 2.75. The van der Waals surface area contributed by atoms with Crippen molar-refractivity contribution in [1.29, 1.82) is 0 Å². The third-order valence-electron chi connectivity index (χ3n) is 3.50. The van der Waals surface area contributed by atoms with Crippen molar-refractivity contribution in [3.05, 3.63) is 29.8 Å². The molecule has 1 heterocycles. The van der Waals surface area contributed by atoms with Crippen molar-refractivity contribution in [3.8, 4) is 0 Å². The van der Waals surface area contributed by atoms with Gasteiger partial charge in [-0.25, -0.2) is 0 Å². The van der Waals surface area contributed by atoms with Crippen molar-refractivity contribution in [2.75, 3.05) is 18.4 Å². The topological polar surface area (TPSA) is 15.3 Å². The zero-order valence-corrected chi connectivity index (χ0v) is 10.5. The summed E-state index contributed by atoms with van der Waals surface area (Å²) in [6, 6.07) is 9.92. The molecule has 0 amide bonds. The molecule has 0 aliphatic carbocycles. The van der Waals surface area contributed by atoms with E-state index in [-0.39, 0.29) is 0 Å². The van der Waals surface area contributed by atoms with E-state index in [1.54, 1.807) is 0 Å². The third-order valence-corrected chi connectivity index (χ3v) is 3.50. The van der Waals surface area contributed by atoms with Crippen LogP contribution in [-0.2, 0) is 6.42 Å². The van der Waals surface area contributed by atoms with Gasteiger partial charge in [-0.3, -0.25) is 4.90 Å². The Morgan fingerprint density at radius 2 is 2.12 bits per heavy atom. The lowest BCUT2D eigenvalue weighted by Gasteiger charge is -2.37. The van der Waals surface area contributed by atoms with E-state index in [0.29, 0.717) is 12.1 Å². The smallest absolute Gasteiger partial charge is 0.0373 e. The highest BCUT2D eigenvalue weighted by molar-refractivity contribution is 5.53. The van der Waals surface area contributed by atoms with Crippen molar-refractivity contribution in [2.45, 2.75) is 39.3 Å². The SMILES string of the molecule is CCN(C(C)C)C1CNc2ccccc2C1. The van der Waals surface area contributed by atoms with E-state index in [0.717, 1.165) is 13.1 Å². The van der Waals surface area contributed by atoms with E-state index in [9.17, 15) is 0 Å². The first-order chi connectivity index (χ1) is 7.72. The molecule has 0 saturated heterocycles. The summed E-state index contributed by atoms with van der Waals surface area (Å²) >= 11 is 0. The zero-order chi connectivity index (χ0) is 11.5. The molecule has 0 saturated carbocycles. The minimum atomic E-state index is 0.627. The molecule has 1 aliphatic heterocycles. The highest BCUT2D eigenvalue weighted by atomic mass is 15.2. The van der Waals surface area contributed by atoms with Crippen molar-refractivity contribution in [3.63, 3.8) is 0 Å². The molecule has 2 nitrogen and oxygen atoms in total. The van der Waals surface area contributed by atoms with Crippen LogP contribution in [0.5, 0.6) is 0 Å². The Kier molecular flexibility index (Phi) is 3.49. The Balaban J connectivity index is 2.12. The van der Waals surface area contributed by atoms with E-state index < -0.39 is 0 Å². The molecular formula is C14H22N2. The fourth-order valence-corrected chi connectivity index (χ4v) is 2.70. The van der Waals surface area contributed by atoms with Crippen LogP contribution in [0.2, 0.25) is 0 Å². The summed E-state index contributed by atoms with van der Waals surface area (Å²) in [6.07, 6.45) is 1.18. The molecule has 2 rings (SSSR count). The summed E-state index contributed by atoms with van der Waals surface area (Å²) in [7, 11) is 0. The highest BCUT2D eigenvalue weighted by Crippen LogP contribution is 2.24. The maximum absolute atomic E-state index is 3.54. The summed E-state index contributed by atoms with van der Waals surface area (Å²) < 4.78 is 0. The molecule has 0 fully saturated rings. The van der Waals surface area contributed by atoms with Gasteiger partial charge in [0.05, 0.1) is 0 Å². The molecule has 2 heteroatoms. The summed E-state index contributed by atoms with van der Waals surface area (Å²) in [5, 5.41) is 3.54. The van der Waals surface area contributed by atoms with Crippen LogP contribution in [0.15, 0.2) is 24.3 Å². The maximum Gasteiger partial charge on any atom is 0.0373 e. The molecule has 1 N–H and O–H groups in total. The van der Waals surface area contributed by atoms with Gasteiger partial charge in [0.25, 0.3) is 0 Å². The van der Waals surface area contributed by atoms with Crippen LogP contribution in [0.1, 0.15) is 26.3 Å². The van der Waals surface area contributed by atoms with Gasteiger partial charge in [0.1, 0.15) is 0 Å².